The summed E-state index contributed by atoms with van der Waals surface area (Å²) in [4.78, 5) is 23.6. The first-order chi connectivity index (χ1) is 10.4. The zero-order chi connectivity index (χ0) is 16.6. The van der Waals surface area contributed by atoms with Crippen LogP contribution in [-0.2, 0) is 16.1 Å². The van der Waals surface area contributed by atoms with Crippen LogP contribution in [0.4, 0.5) is 0 Å². The molecule has 0 aliphatic carbocycles. The lowest BCUT2D eigenvalue weighted by Crippen LogP contribution is -2.53. The van der Waals surface area contributed by atoms with Crippen molar-refractivity contribution in [2.45, 2.75) is 38.8 Å². The van der Waals surface area contributed by atoms with Crippen LogP contribution in [0.15, 0.2) is 24.3 Å². The van der Waals surface area contributed by atoms with Crippen molar-refractivity contribution in [1.82, 2.24) is 10.6 Å². The first-order valence-corrected chi connectivity index (χ1v) is 7.36. The monoisotopic (exact) mass is 343 g/mol. The maximum atomic E-state index is 11.9. The Bertz CT molecular complexity index is 504. The van der Waals surface area contributed by atoms with Crippen LogP contribution in [-0.4, -0.2) is 31.0 Å². The average Bonchev–Trinajstić information content (AvgIpc) is 2.50. The summed E-state index contributed by atoms with van der Waals surface area (Å²) in [6.45, 7) is 3.94. The molecule has 4 N–H and O–H groups in total. The molecule has 6 nitrogen and oxygen atoms in total. The van der Waals surface area contributed by atoms with Crippen molar-refractivity contribution >= 4 is 24.2 Å². The number of nitrogens with two attached hydrogens (primary N) is 1. The number of halogens is 1. The fourth-order valence-electron chi connectivity index (χ4n) is 2.00. The van der Waals surface area contributed by atoms with Gasteiger partial charge in [-0.2, -0.15) is 0 Å². The van der Waals surface area contributed by atoms with Gasteiger partial charge in [0.2, 0.25) is 11.8 Å². The first kappa shape index (κ1) is 21.2. The molecule has 0 fully saturated rings. The molecular formula is C16H26ClN3O3. The molecule has 0 saturated carbocycles. The van der Waals surface area contributed by atoms with E-state index in [-0.39, 0.29) is 30.8 Å². The fourth-order valence-corrected chi connectivity index (χ4v) is 2.00. The van der Waals surface area contributed by atoms with E-state index in [2.05, 4.69) is 10.6 Å². The van der Waals surface area contributed by atoms with Gasteiger partial charge in [0.1, 0.15) is 5.75 Å². The first-order valence-electron chi connectivity index (χ1n) is 7.36. The summed E-state index contributed by atoms with van der Waals surface area (Å²) in [7, 11) is 1.60. The Kier molecular flexibility index (Phi) is 9.29. The second-order valence-corrected chi connectivity index (χ2v) is 5.47. The van der Waals surface area contributed by atoms with Crippen molar-refractivity contribution in [3.05, 3.63) is 29.8 Å². The lowest BCUT2D eigenvalue weighted by atomic mass is 9.96. The highest BCUT2D eigenvalue weighted by molar-refractivity contribution is 5.89. The Morgan fingerprint density at radius 1 is 1.22 bits per heavy atom. The van der Waals surface area contributed by atoms with Crippen molar-refractivity contribution in [3.8, 4) is 5.75 Å². The van der Waals surface area contributed by atoms with Crippen LogP contribution in [0.5, 0.6) is 5.75 Å². The summed E-state index contributed by atoms with van der Waals surface area (Å²) >= 11 is 0. The molecule has 1 atom stereocenters. The minimum absolute atomic E-state index is 0. The third-order valence-electron chi connectivity index (χ3n) is 3.35. The Morgan fingerprint density at radius 3 is 2.35 bits per heavy atom. The number of carbonyl (C=O) groups excluding carboxylic acids is 2. The number of nitrogens with one attached hydrogen (secondary N) is 2. The van der Waals surface area contributed by atoms with Gasteiger partial charge in [0.15, 0.2) is 0 Å². The van der Waals surface area contributed by atoms with Gasteiger partial charge in [-0.25, -0.2) is 0 Å². The minimum Gasteiger partial charge on any atom is -0.497 e. The quantitative estimate of drug-likeness (QED) is 0.664. The minimum atomic E-state index is -0.939. The molecule has 130 valence electrons. The summed E-state index contributed by atoms with van der Waals surface area (Å²) in [5.74, 6) is 0.200. The maximum absolute atomic E-state index is 11.9. The van der Waals surface area contributed by atoms with Crippen molar-refractivity contribution in [2.75, 3.05) is 13.7 Å². The molecule has 0 aliphatic heterocycles. The molecule has 0 saturated heterocycles. The number of rotatable bonds is 8. The van der Waals surface area contributed by atoms with E-state index in [1.54, 1.807) is 14.0 Å². The molecule has 7 heteroatoms. The highest BCUT2D eigenvalue weighted by Crippen LogP contribution is 2.11. The van der Waals surface area contributed by atoms with Gasteiger partial charge in [-0.05, 0) is 31.0 Å². The molecule has 1 aromatic rings. The van der Waals surface area contributed by atoms with Crippen molar-refractivity contribution in [3.63, 3.8) is 0 Å². The molecule has 0 spiro atoms. The Hall–Kier alpha value is -1.79. The maximum Gasteiger partial charge on any atom is 0.240 e. The Balaban J connectivity index is 0.00000484. The highest BCUT2D eigenvalue weighted by Gasteiger charge is 2.27. The molecule has 2 amide bonds. The topological polar surface area (TPSA) is 93.5 Å². The molecule has 0 radical (unpaired) electrons. The molecule has 23 heavy (non-hydrogen) atoms. The van der Waals surface area contributed by atoms with Gasteiger partial charge in [0, 0.05) is 6.54 Å². The van der Waals surface area contributed by atoms with E-state index in [0.29, 0.717) is 13.0 Å². The molecule has 1 rings (SSSR count). The van der Waals surface area contributed by atoms with E-state index < -0.39 is 5.54 Å². The van der Waals surface area contributed by atoms with Crippen LogP contribution in [0.2, 0.25) is 0 Å². The Labute approximate surface area is 143 Å². The standard InChI is InChI=1S/C16H25N3O3.ClH/c1-4-9-16(2,17)15(21)19-11-14(20)18-10-12-5-7-13(22-3)8-6-12;/h5-8H,4,9-11,17H2,1-3H3,(H,18,20)(H,19,21);1H. The molecular weight excluding hydrogens is 318 g/mol. The number of amides is 2. The molecule has 1 aromatic carbocycles. The normalized spacial score (nSPS) is 12.5. The van der Waals surface area contributed by atoms with Gasteiger partial charge in [0.05, 0.1) is 19.2 Å². The molecule has 1 unspecified atom stereocenters. The van der Waals surface area contributed by atoms with Gasteiger partial charge < -0.3 is 21.1 Å². The van der Waals surface area contributed by atoms with E-state index in [1.807, 2.05) is 31.2 Å². The second-order valence-electron chi connectivity index (χ2n) is 5.47. The third-order valence-corrected chi connectivity index (χ3v) is 3.35. The fraction of sp³-hybridized carbons (Fsp3) is 0.500. The summed E-state index contributed by atoms with van der Waals surface area (Å²) in [5.41, 5.74) is 5.91. The largest absolute Gasteiger partial charge is 0.497 e. The van der Waals surface area contributed by atoms with E-state index in [0.717, 1.165) is 17.7 Å². The number of ether oxygens (including phenoxy) is 1. The number of benzene rings is 1. The van der Waals surface area contributed by atoms with Crippen molar-refractivity contribution in [1.29, 1.82) is 0 Å². The number of hydrogen-bond acceptors (Lipinski definition) is 4. The molecule has 0 aromatic heterocycles. The average molecular weight is 344 g/mol. The number of hydrogen-bond donors (Lipinski definition) is 3. The summed E-state index contributed by atoms with van der Waals surface area (Å²) in [6, 6.07) is 7.40. The number of methoxy groups -OCH3 is 1. The second kappa shape index (κ2) is 10.1. The van der Waals surface area contributed by atoms with Crippen LogP contribution in [0.1, 0.15) is 32.3 Å². The molecule has 0 bridgehead atoms. The molecule has 0 heterocycles. The zero-order valence-electron chi connectivity index (χ0n) is 13.8. The van der Waals surface area contributed by atoms with E-state index in [1.165, 1.54) is 0 Å². The van der Waals surface area contributed by atoms with Crippen molar-refractivity contribution < 1.29 is 14.3 Å². The van der Waals surface area contributed by atoms with Gasteiger partial charge in [0.25, 0.3) is 0 Å². The summed E-state index contributed by atoms with van der Waals surface area (Å²) in [5, 5.41) is 5.31. The lowest BCUT2D eigenvalue weighted by molar-refractivity contribution is -0.129. The number of carbonyl (C=O) groups is 2. The van der Waals surface area contributed by atoms with Gasteiger partial charge in [-0.3, -0.25) is 9.59 Å². The predicted octanol–water partition coefficient (Wildman–Crippen LogP) is 1.37. The van der Waals surface area contributed by atoms with Crippen LogP contribution in [0.3, 0.4) is 0 Å². The van der Waals surface area contributed by atoms with Gasteiger partial charge in [-0.1, -0.05) is 25.5 Å². The lowest BCUT2D eigenvalue weighted by Gasteiger charge is -2.22. The smallest absolute Gasteiger partial charge is 0.240 e. The Morgan fingerprint density at radius 2 is 1.83 bits per heavy atom. The zero-order valence-corrected chi connectivity index (χ0v) is 14.7. The van der Waals surface area contributed by atoms with E-state index in [9.17, 15) is 9.59 Å². The van der Waals surface area contributed by atoms with Crippen LogP contribution < -0.4 is 21.1 Å². The SMILES string of the molecule is CCCC(C)(N)C(=O)NCC(=O)NCc1ccc(OC)cc1.Cl. The van der Waals surface area contributed by atoms with Crippen LogP contribution in [0.25, 0.3) is 0 Å². The van der Waals surface area contributed by atoms with Gasteiger partial charge >= 0.3 is 0 Å². The van der Waals surface area contributed by atoms with Crippen molar-refractivity contribution in [2.24, 2.45) is 5.73 Å². The third kappa shape index (κ3) is 7.34. The van der Waals surface area contributed by atoms with Gasteiger partial charge in [-0.15, -0.1) is 12.4 Å². The van der Waals surface area contributed by atoms with Crippen LogP contribution in [0, 0.1) is 0 Å². The van der Waals surface area contributed by atoms with E-state index >= 15 is 0 Å². The highest BCUT2D eigenvalue weighted by atomic mass is 35.5. The van der Waals surface area contributed by atoms with E-state index in [4.69, 9.17) is 10.5 Å². The van der Waals surface area contributed by atoms with Crippen LogP contribution >= 0.6 is 12.4 Å². The predicted molar refractivity (Wildman–Crippen MR) is 92.6 cm³/mol. The summed E-state index contributed by atoms with van der Waals surface area (Å²) in [6.07, 6.45) is 1.39. The summed E-state index contributed by atoms with van der Waals surface area (Å²) < 4.78 is 5.06. The molecule has 0 aliphatic rings.